The van der Waals surface area contributed by atoms with E-state index in [0.29, 0.717) is 18.7 Å². The van der Waals surface area contributed by atoms with E-state index in [4.69, 9.17) is 10.5 Å². The monoisotopic (exact) mass is 278 g/mol. The van der Waals surface area contributed by atoms with Gasteiger partial charge < -0.3 is 20.3 Å². The van der Waals surface area contributed by atoms with Gasteiger partial charge in [0.1, 0.15) is 5.82 Å². The summed E-state index contributed by atoms with van der Waals surface area (Å²) < 4.78 is 4.97. The number of hydrogen-bond donors (Lipinski definition) is 1. The smallest absolute Gasteiger partial charge is 0.302 e. The van der Waals surface area contributed by atoms with Gasteiger partial charge in [-0.25, -0.2) is 4.98 Å². The van der Waals surface area contributed by atoms with Gasteiger partial charge in [0.2, 0.25) is 0 Å². The van der Waals surface area contributed by atoms with Gasteiger partial charge in [-0.15, -0.1) is 0 Å². The van der Waals surface area contributed by atoms with Crippen molar-refractivity contribution in [3.8, 4) is 0 Å². The van der Waals surface area contributed by atoms with Crippen LogP contribution in [0.15, 0.2) is 12.3 Å². The number of hydrogen-bond acceptors (Lipinski definition) is 6. The van der Waals surface area contributed by atoms with E-state index >= 15 is 0 Å². The summed E-state index contributed by atoms with van der Waals surface area (Å²) in [7, 11) is 2.12. The molecule has 0 aromatic carbocycles. The Morgan fingerprint density at radius 1 is 1.40 bits per heavy atom. The molecule has 1 aliphatic rings. The molecule has 6 nitrogen and oxygen atoms in total. The number of pyridine rings is 1. The number of nitrogens with zero attached hydrogens (tertiary/aromatic N) is 3. The van der Waals surface area contributed by atoms with Crippen LogP contribution in [0.2, 0.25) is 0 Å². The molecular formula is C14H22N4O2. The van der Waals surface area contributed by atoms with Crippen LogP contribution in [0.3, 0.4) is 0 Å². The van der Waals surface area contributed by atoms with Crippen LogP contribution in [0, 0.1) is 0 Å². The van der Waals surface area contributed by atoms with Gasteiger partial charge in [0, 0.05) is 39.5 Å². The van der Waals surface area contributed by atoms with Crippen molar-refractivity contribution in [2.75, 3.05) is 50.5 Å². The zero-order chi connectivity index (χ0) is 14.5. The minimum Gasteiger partial charge on any atom is -0.466 e. The minimum atomic E-state index is -0.267. The molecule has 2 rings (SSSR count). The summed E-state index contributed by atoms with van der Waals surface area (Å²) in [6.45, 7) is 5.77. The van der Waals surface area contributed by atoms with Gasteiger partial charge in [-0.2, -0.15) is 0 Å². The molecule has 0 radical (unpaired) electrons. The average molecular weight is 278 g/mol. The first kappa shape index (κ1) is 14.6. The van der Waals surface area contributed by atoms with E-state index in [0.717, 1.165) is 37.6 Å². The second-order valence-corrected chi connectivity index (χ2v) is 5.12. The molecule has 2 heterocycles. The van der Waals surface area contributed by atoms with Gasteiger partial charge in [-0.3, -0.25) is 4.79 Å². The predicted molar refractivity (Wildman–Crippen MR) is 78.7 cm³/mol. The van der Waals surface area contributed by atoms with E-state index in [1.54, 1.807) is 6.20 Å². The van der Waals surface area contributed by atoms with Gasteiger partial charge in [0.25, 0.3) is 0 Å². The molecule has 1 saturated heterocycles. The Bertz CT molecular complexity index is 470. The Morgan fingerprint density at radius 3 is 2.75 bits per heavy atom. The van der Waals surface area contributed by atoms with Gasteiger partial charge in [0.05, 0.1) is 18.5 Å². The molecule has 1 aliphatic heterocycles. The molecule has 0 amide bonds. The Balaban J connectivity index is 2.02. The lowest BCUT2D eigenvalue weighted by Gasteiger charge is -2.33. The summed E-state index contributed by atoms with van der Waals surface area (Å²) in [6, 6.07) is 2.00. The van der Waals surface area contributed by atoms with Crippen LogP contribution in [0.1, 0.15) is 12.5 Å². The van der Waals surface area contributed by atoms with E-state index in [9.17, 15) is 4.79 Å². The number of esters is 1. The van der Waals surface area contributed by atoms with Gasteiger partial charge in [-0.05, 0) is 18.7 Å². The molecule has 0 bridgehead atoms. The molecule has 1 aromatic rings. The fourth-order valence-electron chi connectivity index (χ4n) is 2.22. The van der Waals surface area contributed by atoms with Crippen molar-refractivity contribution in [3.05, 3.63) is 17.8 Å². The van der Waals surface area contributed by atoms with Crippen LogP contribution in [0.25, 0.3) is 0 Å². The lowest BCUT2D eigenvalue weighted by atomic mass is 10.1. The topological polar surface area (TPSA) is 71.7 Å². The molecule has 0 spiro atoms. The average Bonchev–Trinajstić information content (AvgIpc) is 2.41. The molecule has 0 saturated carbocycles. The van der Waals surface area contributed by atoms with Gasteiger partial charge in [0.15, 0.2) is 0 Å². The Morgan fingerprint density at radius 2 is 2.10 bits per heavy atom. The van der Waals surface area contributed by atoms with Crippen LogP contribution in [-0.4, -0.2) is 55.7 Å². The Labute approximate surface area is 119 Å². The van der Waals surface area contributed by atoms with E-state index < -0.39 is 0 Å². The lowest BCUT2D eigenvalue weighted by Crippen LogP contribution is -2.44. The zero-order valence-electron chi connectivity index (χ0n) is 12.1. The molecule has 1 fully saturated rings. The summed E-state index contributed by atoms with van der Waals surface area (Å²) >= 11 is 0. The number of carbonyl (C=O) groups excluding carboxylic acids is 1. The number of rotatable bonds is 4. The minimum absolute atomic E-state index is 0.267. The number of likely N-dealkylation sites (N-methyl/N-ethyl adjacent to an activating group) is 1. The fourth-order valence-corrected chi connectivity index (χ4v) is 2.22. The molecular weight excluding hydrogens is 256 g/mol. The predicted octanol–water partition coefficient (Wildman–Crippen LogP) is 0.521. The van der Waals surface area contributed by atoms with Crippen LogP contribution < -0.4 is 10.6 Å². The second kappa shape index (κ2) is 6.56. The molecule has 20 heavy (non-hydrogen) atoms. The van der Waals surface area contributed by atoms with Crippen molar-refractivity contribution in [3.63, 3.8) is 0 Å². The first-order valence-corrected chi connectivity index (χ1v) is 6.87. The maximum Gasteiger partial charge on any atom is 0.302 e. The summed E-state index contributed by atoms with van der Waals surface area (Å²) in [5.41, 5.74) is 7.56. The third kappa shape index (κ3) is 3.84. The van der Waals surface area contributed by atoms with Crippen LogP contribution in [0.5, 0.6) is 0 Å². The summed E-state index contributed by atoms with van der Waals surface area (Å²) in [4.78, 5) is 19.8. The highest BCUT2D eigenvalue weighted by atomic mass is 16.5. The van der Waals surface area contributed by atoms with E-state index in [1.807, 2.05) is 6.07 Å². The second-order valence-electron chi connectivity index (χ2n) is 5.12. The highest BCUT2D eigenvalue weighted by Crippen LogP contribution is 2.19. The lowest BCUT2D eigenvalue weighted by molar-refractivity contribution is -0.140. The largest absolute Gasteiger partial charge is 0.466 e. The van der Waals surface area contributed by atoms with Gasteiger partial charge >= 0.3 is 5.97 Å². The van der Waals surface area contributed by atoms with E-state index in [2.05, 4.69) is 21.8 Å². The molecule has 6 heteroatoms. The molecule has 0 unspecified atom stereocenters. The SMILES string of the molecule is CC(=O)OCCc1cc(N2CCN(C)CC2)ncc1N. The Hall–Kier alpha value is -1.82. The normalized spacial score (nSPS) is 16.2. The Kier molecular flexibility index (Phi) is 4.79. The number of anilines is 2. The van der Waals surface area contributed by atoms with Crippen molar-refractivity contribution in [2.45, 2.75) is 13.3 Å². The zero-order valence-corrected chi connectivity index (χ0v) is 12.1. The first-order chi connectivity index (χ1) is 9.56. The van der Waals surface area contributed by atoms with Crippen LogP contribution in [0.4, 0.5) is 11.5 Å². The van der Waals surface area contributed by atoms with Crippen molar-refractivity contribution in [1.82, 2.24) is 9.88 Å². The molecule has 0 atom stereocenters. The fraction of sp³-hybridized carbons (Fsp3) is 0.571. The summed E-state index contributed by atoms with van der Waals surface area (Å²) in [5, 5.41) is 0. The number of nitrogen functional groups attached to an aromatic ring is 1. The number of aromatic nitrogens is 1. The maximum absolute atomic E-state index is 10.8. The maximum atomic E-state index is 10.8. The van der Waals surface area contributed by atoms with Crippen molar-refractivity contribution in [1.29, 1.82) is 0 Å². The molecule has 0 aliphatic carbocycles. The van der Waals surface area contributed by atoms with Crippen LogP contribution in [-0.2, 0) is 16.0 Å². The van der Waals surface area contributed by atoms with Crippen molar-refractivity contribution in [2.24, 2.45) is 0 Å². The molecule has 1 aromatic heterocycles. The standard InChI is InChI=1S/C14H22N4O2/c1-11(19)20-8-3-12-9-14(16-10-13(12)15)18-6-4-17(2)5-7-18/h9-10H,3-8,15H2,1-2H3. The van der Waals surface area contributed by atoms with E-state index in [1.165, 1.54) is 6.92 Å². The third-order valence-electron chi connectivity index (χ3n) is 3.51. The molecule has 110 valence electrons. The summed E-state index contributed by atoms with van der Waals surface area (Å²) in [5.74, 6) is 0.682. The van der Waals surface area contributed by atoms with E-state index in [-0.39, 0.29) is 5.97 Å². The van der Waals surface area contributed by atoms with Crippen molar-refractivity contribution < 1.29 is 9.53 Å². The quantitative estimate of drug-likeness (QED) is 0.810. The number of carbonyl (C=O) groups is 1. The number of ether oxygens (including phenoxy) is 1. The number of piperazine rings is 1. The third-order valence-corrected chi connectivity index (χ3v) is 3.51. The first-order valence-electron chi connectivity index (χ1n) is 6.87. The van der Waals surface area contributed by atoms with Gasteiger partial charge in [-0.1, -0.05) is 0 Å². The van der Waals surface area contributed by atoms with Crippen molar-refractivity contribution >= 4 is 17.5 Å². The highest BCUT2D eigenvalue weighted by Gasteiger charge is 2.16. The summed E-state index contributed by atoms with van der Waals surface area (Å²) in [6.07, 6.45) is 2.31. The van der Waals surface area contributed by atoms with Crippen LogP contribution >= 0.6 is 0 Å². The number of nitrogens with two attached hydrogens (primary N) is 1. The highest BCUT2D eigenvalue weighted by molar-refractivity contribution is 5.66. The molecule has 2 N–H and O–H groups in total.